The van der Waals surface area contributed by atoms with Crippen molar-refractivity contribution in [3.8, 4) is 11.5 Å². The number of hydrogen-bond acceptors (Lipinski definition) is 7. The Bertz CT molecular complexity index is 1020. The summed E-state index contributed by atoms with van der Waals surface area (Å²) < 4.78 is 10.7. The van der Waals surface area contributed by atoms with Gasteiger partial charge >= 0.3 is 0 Å². The van der Waals surface area contributed by atoms with Crippen molar-refractivity contribution >= 4 is 28.7 Å². The Labute approximate surface area is 191 Å². The summed E-state index contributed by atoms with van der Waals surface area (Å²) in [6, 6.07) is 9.38. The van der Waals surface area contributed by atoms with Crippen LogP contribution in [0.2, 0.25) is 0 Å². The third-order valence-electron chi connectivity index (χ3n) is 6.08. The predicted octanol–water partition coefficient (Wildman–Crippen LogP) is 2.79. The van der Waals surface area contributed by atoms with E-state index in [4.69, 9.17) is 9.47 Å². The average molecular weight is 457 g/mol. The highest BCUT2D eigenvalue weighted by Crippen LogP contribution is 2.36. The highest BCUT2D eigenvalue weighted by molar-refractivity contribution is 7.11. The van der Waals surface area contributed by atoms with E-state index < -0.39 is 0 Å². The molecule has 7 nitrogen and oxygen atoms in total. The topological polar surface area (TPSA) is 79.3 Å². The van der Waals surface area contributed by atoms with Crippen molar-refractivity contribution in [3.05, 3.63) is 51.8 Å². The van der Waals surface area contributed by atoms with Crippen molar-refractivity contribution in [1.82, 2.24) is 9.80 Å². The Morgan fingerprint density at radius 1 is 1.12 bits per heavy atom. The fraction of sp³-hybridized carbons (Fsp3) is 0.417. The maximum Gasteiger partial charge on any atom is 0.277 e. The van der Waals surface area contributed by atoms with Crippen molar-refractivity contribution in [2.75, 3.05) is 40.5 Å². The van der Waals surface area contributed by atoms with Gasteiger partial charge < -0.3 is 19.5 Å². The molecule has 3 heterocycles. The molecule has 2 aromatic rings. The summed E-state index contributed by atoms with van der Waals surface area (Å²) in [7, 11) is 3.16. The van der Waals surface area contributed by atoms with Crippen LogP contribution in [-0.2, 0) is 16.0 Å². The summed E-state index contributed by atoms with van der Waals surface area (Å²) >= 11 is 1.46. The summed E-state index contributed by atoms with van der Waals surface area (Å²) in [5.74, 6) is 0.864. The normalized spacial score (nSPS) is 19.2. The quantitative estimate of drug-likeness (QED) is 0.616. The number of benzene rings is 1. The Morgan fingerprint density at radius 2 is 1.94 bits per heavy atom. The van der Waals surface area contributed by atoms with E-state index in [1.54, 1.807) is 14.2 Å². The standard InChI is InChI=1S/C24H28N2O5S/c1-30-18-8-7-16(13-19(18)31-2)9-11-26-23(28)21(20-6-4-12-32-20)22(24(26)29)25-10-3-5-17(14-25)15-27/h4,6-8,12-13,17,27H,3,5,9-11,14-15H2,1-2H3. The first-order valence-corrected chi connectivity index (χ1v) is 11.7. The predicted molar refractivity (Wildman–Crippen MR) is 123 cm³/mol. The number of aliphatic hydroxyl groups excluding tert-OH is 1. The van der Waals surface area contributed by atoms with Gasteiger partial charge in [-0.2, -0.15) is 0 Å². The van der Waals surface area contributed by atoms with Gasteiger partial charge in [-0.25, -0.2) is 0 Å². The molecule has 0 saturated carbocycles. The van der Waals surface area contributed by atoms with E-state index >= 15 is 0 Å². The van der Waals surface area contributed by atoms with Gasteiger partial charge in [-0.05, 0) is 54.3 Å². The van der Waals surface area contributed by atoms with Crippen molar-refractivity contribution in [2.45, 2.75) is 19.3 Å². The van der Waals surface area contributed by atoms with Crippen molar-refractivity contribution in [2.24, 2.45) is 5.92 Å². The SMILES string of the molecule is COc1ccc(CCN2C(=O)C(c3cccs3)=C(N3CCCC(CO)C3)C2=O)cc1OC. The Morgan fingerprint density at radius 3 is 2.62 bits per heavy atom. The van der Waals surface area contributed by atoms with Crippen LogP contribution in [0.25, 0.3) is 5.57 Å². The number of methoxy groups -OCH3 is 2. The molecule has 1 atom stereocenters. The van der Waals surface area contributed by atoms with Crippen LogP contribution in [0.15, 0.2) is 41.4 Å². The number of imide groups is 1. The van der Waals surface area contributed by atoms with Gasteiger partial charge in [0.15, 0.2) is 11.5 Å². The highest BCUT2D eigenvalue weighted by atomic mass is 32.1. The molecule has 0 radical (unpaired) electrons. The first-order chi connectivity index (χ1) is 15.6. The zero-order valence-corrected chi connectivity index (χ0v) is 19.2. The minimum Gasteiger partial charge on any atom is -0.493 e. The molecule has 1 fully saturated rings. The molecule has 0 bridgehead atoms. The van der Waals surface area contributed by atoms with Crippen LogP contribution < -0.4 is 9.47 Å². The fourth-order valence-electron chi connectivity index (χ4n) is 4.40. The van der Waals surface area contributed by atoms with Gasteiger partial charge in [0.05, 0.1) is 19.8 Å². The van der Waals surface area contributed by atoms with Crippen LogP contribution in [0.4, 0.5) is 0 Å². The number of piperidine rings is 1. The zero-order chi connectivity index (χ0) is 22.7. The molecule has 2 amide bonds. The summed E-state index contributed by atoms with van der Waals surface area (Å²) in [4.78, 5) is 31.0. The van der Waals surface area contributed by atoms with Gasteiger partial charge in [0, 0.05) is 31.1 Å². The van der Waals surface area contributed by atoms with Gasteiger partial charge in [0.25, 0.3) is 11.8 Å². The van der Waals surface area contributed by atoms with Crippen LogP contribution in [0, 0.1) is 5.92 Å². The van der Waals surface area contributed by atoms with E-state index in [9.17, 15) is 14.7 Å². The number of hydrogen-bond donors (Lipinski definition) is 1. The summed E-state index contributed by atoms with van der Waals surface area (Å²) in [5.41, 5.74) is 1.91. The molecule has 2 aliphatic heterocycles. The average Bonchev–Trinajstić information content (AvgIpc) is 3.43. The van der Waals surface area contributed by atoms with E-state index in [0.717, 1.165) is 23.3 Å². The number of amides is 2. The van der Waals surface area contributed by atoms with Crippen molar-refractivity contribution < 1.29 is 24.2 Å². The molecule has 32 heavy (non-hydrogen) atoms. The molecule has 1 aromatic heterocycles. The number of nitrogens with zero attached hydrogens (tertiary/aromatic N) is 2. The summed E-state index contributed by atoms with van der Waals surface area (Å²) in [6.07, 6.45) is 2.33. The number of carbonyl (C=O) groups excluding carboxylic acids is 2. The van der Waals surface area contributed by atoms with Crippen LogP contribution in [0.3, 0.4) is 0 Å². The molecule has 4 rings (SSSR count). The van der Waals surface area contributed by atoms with E-state index in [1.165, 1.54) is 16.2 Å². The number of carbonyl (C=O) groups is 2. The molecular formula is C24H28N2O5S. The van der Waals surface area contributed by atoms with Crippen LogP contribution >= 0.6 is 11.3 Å². The minimum absolute atomic E-state index is 0.0866. The lowest BCUT2D eigenvalue weighted by atomic mass is 9.98. The smallest absolute Gasteiger partial charge is 0.277 e. The second-order valence-corrected chi connectivity index (χ2v) is 8.99. The van der Waals surface area contributed by atoms with Gasteiger partial charge in [-0.15, -0.1) is 11.3 Å². The van der Waals surface area contributed by atoms with Gasteiger partial charge in [0.2, 0.25) is 0 Å². The van der Waals surface area contributed by atoms with Gasteiger partial charge in [0.1, 0.15) is 5.70 Å². The highest BCUT2D eigenvalue weighted by Gasteiger charge is 2.42. The fourth-order valence-corrected chi connectivity index (χ4v) is 5.16. The number of thiophene rings is 1. The van der Waals surface area contributed by atoms with E-state index in [0.29, 0.717) is 42.3 Å². The Hall–Kier alpha value is -2.84. The van der Waals surface area contributed by atoms with Gasteiger partial charge in [-0.1, -0.05) is 12.1 Å². The second-order valence-electron chi connectivity index (χ2n) is 8.04. The van der Waals surface area contributed by atoms with Crippen LogP contribution in [-0.4, -0.2) is 67.2 Å². The molecule has 1 aromatic carbocycles. The van der Waals surface area contributed by atoms with Crippen molar-refractivity contribution in [3.63, 3.8) is 0 Å². The number of likely N-dealkylation sites (tertiary alicyclic amines) is 1. The molecule has 2 aliphatic rings. The Kier molecular flexibility index (Phi) is 6.81. The third kappa shape index (κ3) is 4.25. The first-order valence-electron chi connectivity index (χ1n) is 10.8. The zero-order valence-electron chi connectivity index (χ0n) is 18.4. The molecule has 1 N–H and O–H groups in total. The van der Waals surface area contributed by atoms with Crippen LogP contribution in [0.5, 0.6) is 11.5 Å². The van der Waals surface area contributed by atoms with Crippen LogP contribution in [0.1, 0.15) is 23.3 Å². The lowest BCUT2D eigenvalue weighted by Crippen LogP contribution is -2.41. The summed E-state index contributed by atoms with van der Waals surface area (Å²) in [6.45, 7) is 1.67. The third-order valence-corrected chi connectivity index (χ3v) is 6.96. The molecule has 8 heteroatoms. The van der Waals surface area contributed by atoms with Gasteiger partial charge in [-0.3, -0.25) is 14.5 Å². The number of ether oxygens (including phenoxy) is 2. The lowest BCUT2D eigenvalue weighted by Gasteiger charge is -2.34. The van der Waals surface area contributed by atoms with E-state index in [-0.39, 0.29) is 30.9 Å². The molecule has 170 valence electrons. The second kappa shape index (κ2) is 9.75. The number of aliphatic hydroxyl groups is 1. The molecular weight excluding hydrogens is 428 g/mol. The minimum atomic E-state index is -0.252. The molecule has 0 spiro atoms. The monoisotopic (exact) mass is 456 g/mol. The Balaban J connectivity index is 1.58. The van der Waals surface area contributed by atoms with Crippen molar-refractivity contribution in [1.29, 1.82) is 0 Å². The molecule has 1 unspecified atom stereocenters. The maximum absolute atomic E-state index is 13.5. The molecule has 1 saturated heterocycles. The largest absolute Gasteiger partial charge is 0.493 e. The first kappa shape index (κ1) is 22.4. The van der Waals surface area contributed by atoms with E-state index in [1.807, 2.05) is 40.6 Å². The van der Waals surface area contributed by atoms with E-state index in [2.05, 4.69) is 0 Å². The lowest BCUT2D eigenvalue weighted by molar-refractivity contribution is -0.137. The number of rotatable bonds is 8. The summed E-state index contributed by atoms with van der Waals surface area (Å²) in [5, 5.41) is 11.6. The molecule has 0 aliphatic carbocycles. The maximum atomic E-state index is 13.5.